The van der Waals surface area contributed by atoms with Crippen molar-refractivity contribution in [1.29, 1.82) is 0 Å². The van der Waals surface area contributed by atoms with Gasteiger partial charge in [-0.25, -0.2) is 4.99 Å². The monoisotopic (exact) mass is 198 g/mol. The molecule has 0 amide bonds. The van der Waals surface area contributed by atoms with Gasteiger partial charge >= 0.3 is 0 Å². The van der Waals surface area contributed by atoms with Crippen LogP contribution in [0.1, 0.15) is 5.56 Å². The first-order valence-corrected chi connectivity index (χ1v) is 4.35. The van der Waals surface area contributed by atoms with Crippen LogP contribution in [0.5, 0.6) is 5.75 Å². The van der Waals surface area contributed by atoms with Crippen LogP contribution in [-0.2, 0) is 0 Å². The molecule has 70 valence electrons. The molecule has 0 aromatic heterocycles. The normalized spacial score (nSPS) is 11.7. The number of nitrogens with two attached hydrogens (primary N) is 1. The Morgan fingerprint density at radius 3 is 2.85 bits per heavy atom. The summed E-state index contributed by atoms with van der Waals surface area (Å²) < 4.78 is 0. The minimum Gasteiger partial charge on any atom is -0.508 e. The fraction of sp³-hybridized carbons (Fsp3) is 0.222. The van der Waals surface area contributed by atoms with E-state index in [4.69, 9.17) is 22.4 Å². The van der Waals surface area contributed by atoms with E-state index < -0.39 is 0 Å². The number of alkyl halides is 1. The van der Waals surface area contributed by atoms with Crippen molar-refractivity contribution < 1.29 is 5.11 Å². The smallest absolute Gasteiger partial charge is 0.115 e. The maximum absolute atomic E-state index is 9.12. The van der Waals surface area contributed by atoms with Gasteiger partial charge in [0.15, 0.2) is 0 Å². The molecule has 0 heterocycles. The zero-order valence-corrected chi connectivity index (χ0v) is 8.04. The van der Waals surface area contributed by atoms with Crippen molar-refractivity contribution in [2.75, 3.05) is 5.88 Å². The van der Waals surface area contributed by atoms with Crippen LogP contribution in [-0.4, -0.2) is 16.8 Å². The maximum atomic E-state index is 9.12. The van der Waals surface area contributed by atoms with Gasteiger partial charge in [-0.2, -0.15) is 0 Å². The van der Waals surface area contributed by atoms with Crippen LogP contribution in [0.2, 0.25) is 0 Å². The highest BCUT2D eigenvalue weighted by atomic mass is 35.5. The Morgan fingerprint density at radius 2 is 2.31 bits per heavy atom. The first-order valence-electron chi connectivity index (χ1n) is 3.82. The largest absolute Gasteiger partial charge is 0.508 e. The fourth-order valence-corrected chi connectivity index (χ4v) is 1.01. The van der Waals surface area contributed by atoms with Gasteiger partial charge in [-0.05, 0) is 30.7 Å². The van der Waals surface area contributed by atoms with E-state index in [0.29, 0.717) is 5.84 Å². The Balaban J connectivity index is 3.03. The number of hydrogen-bond donors (Lipinski definition) is 2. The Labute approximate surface area is 81.9 Å². The number of aromatic hydroxyl groups is 1. The van der Waals surface area contributed by atoms with Gasteiger partial charge in [0, 0.05) is 0 Å². The summed E-state index contributed by atoms with van der Waals surface area (Å²) in [5.41, 5.74) is 7.07. The highest BCUT2D eigenvalue weighted by Crippen LogP contribution is 2.22. The highest BCUT2D eigenvalue weighted by molar-refractivity contribution is 6.28. The van der Waals surface area contributed by atoms with Crippen molar-refractivity contribution in [3.8, 4) is 5.75 Å². The van der Waals surface area contributed by atoms with E-state index in [1.54, 1.807) is 18.2 Å². The molecule has 13 heavy (non-hydrogen) atoms. The molecule has 4 heteroatoms. The summed E-state index contributed by atoms with van der Waals surface area (Å²) in [5, 5.41) is 9.12. The SMILES string of the molecule is Cc1cc(O)ccc1N=C(N)CCl. The van der Waals surface area contributed by atoms with Crippen LogP contribution in [0.3, 0.4) is 0 Å². The van der Waals surface area contributed by atoms with Crippen LogP contribution in [0.25, 0.3) is 0 Å². The van der Waals surface area contributed by atoms with Crippen LogP contribution in [0.15, 0.2) is 23.2 Å². The molecule has 3 nitrogen and oxygen atoms in total. The molecule has 0 aliphatic rings. The number of nitrogens with zero attached hydrogens (tertiary/aromatic N) is 1. The molecule has 1 aromatic carbocycles. The van der Waals surface area contributed by atoms with Crippen molar-refractivity contribution in [2.45, 2.75) is 6.92 Å². The maximum Gasteiger partial charge on any atom is 0.115 e. The molecule has 0 bridgehead atoms. The molecule has 0 aliphatic carbocycles. The second-order valence-corrected chi connectivity index (χ2v) is 2.97. The predicted octanol–water partition coefficient (Wildman–Crippen LogP) is 1.93. The van der Waals surface area contributed by atoms with Gasteiger partial charge in [-0.15, -0.1) is 11.6 Å². The number of halogens is 1. The summed E-state index contributed by atoms with van der Waals surface area (Å²) in [6.07, 6.45) is 0. The lowest BCUT2D eigenvalue weighted by atomic mass is 10.2. The standard InChI is InChI=1S/C9H11ClN2O/c1-6-4-7(13)2-3-8(6)12-9(11)5-10/h2-4,13H,5H2,1H3,(H2,11,12). The average molecular weight is 199 g/mol. The minimum absolute atomic E-state index is 0.209. The van der Waals surface area contributed by atoms with Gasteiger partial charge < -0.3 is 10.8 Å². The third kappa shape index (κ3) is 2.63. The van der Waals surface area contributed by atoms with Crippen LogP contribution in [0, 0.1) is 6.92 Å². The van der Waals surface area contributed by atoms with Gasteiger partial charge in [0.25, 0.3) is 0 Å². The van der Waals surface area contributed by atoms with E-state index >= 15 is 0 Å². The summed E-state index contributed by atoms with van der Waals surface area (Å²) in [6.45, 7) is 1.85. The van der Waals surface area contributed by atoms with E-state index in [1.165, 1.54) is 0 Å². The number of phenolic OH excluding ortho intramolecular Hbond substituents is 1. The summed E-state index contributed by atoms with van der Waals surface area (Å²) in [7, 11) is 0. The van der Waals surface area contributed by atoms with Crippen LogP contribution < -0.4 is 5.73 Å². The number of amidine groups is 1. The third-order valence-corrected chi connectivity index (χ3v) is 1.86. The topological polar surface area (TPSA) is 58.6 Å². The van der Waals surface area contributed by atoms with Gasteiger partial charge in [-0.3, -0.25) is 0 Å². The molecule has 0 aliphatic heterocycles. The number of rotatable bonds is 2. The van der Waals surface area contributed by atoms with Crippen molar-refractivity contribution in [2.24, 2.45) is 10.7 Å². The lowest BCUT2D eigenvalue weighted by Crippen LogP contribution is -2.12. The fourth-order valence-electron chi connectivity index (χ4n) is 0.950. The molecule has 0 unspecified atom stereocenters. The van der Waals surface area contributed by atoms with Gasteiger partial charge in [0.2, 0.25) is 0 Å². The Kier molecular flexibility index (Phi) is 3.14. The van der Waals surface area contributed by atoms with E-state index in [0.717, 1.165) is 11.3 Å². The van der Waals surface area contributed by atoms with Crippen LogP contribution in [0.4, 0.5) is 5.69 Å². The third-order valence-electron chi connectivity index (χ3n) is 1.58. The molecular formula is C9H11ClN2O. The summed E-state index contributed by atoms with van der Waals surface area (Å²) in [5.74, 6) is 0.802. The van der Waals surface area contributed by atoms with Crippen molar-refractivity contribution in [3.63, 3.8) is 0 Å². The number of benzene rings is 1. The van der Waals surface area contributed by atoms with Crippen molar-refractivity contribution >= 4 is 23.1 Å². The van der Waals surface area contributed by atoms with E-state index in [1.807, 2.05) is 6.92 Å². The number of aliphatic imine (C=N–C) groups is 1. The highest BCUT2D eigenvalue weighted by Gasteiger charge is 1.98. The predicted molar refractivity (Wildman–Crippen MR) is 54.8 cm³/mol. The Hall–Kier alpha value is -1.22. The van der Waals surface area contributed by atoms with Gasteiger partial charge in [0.05, 0.1) is 11.6 Å². The molecule has 0 fully saturated rings. The number of aryl methyl sites for hydroxylation is 1. The Bertz CT molecular complexity index is 336. The number of hydrogen-bond acceptors (Lipinski definition) is 2. The lowest BCUT2D eigenvalue weighted by Gasteiger charge is -2.01. The van der Waals surface area contributed by atoms with Gasteiger partial charge in [0.1, 0.15) is 11.6 Å². The zero-order chi connectivity index (χ0) is 9.84. The van der Waals surface area contributed by atoms with Crippen LogP contribution >= 0.6 is 11.6 Å². The molecule has 1 rings (SSSR count). The molecule has 0 saturated heterocycles. The summed E-state index contributed by atoms with van der Waals surface area (Å²) >= 11 is 5.48. The molecule has 0 atom stereocenters. The molecular weight excluding hydrogens is 188 g/mol. The molecule has 3 N–H and O–H groups in total. The molecule has 0 radical (unpaired) electrons. The molecule has 0 spiro atoms. The first-order chi connectivity index (χ1) is 6.13. The zero-order valence-electron chi connectivity index (χ0n) is 7.29. The average Bonchev–Trinajstić information content (AvgIpc) is 2.09. The van der Waals surface area contributed by atoms with Gasteiger partial charge in [-0.1, -0.05) is 0 Å². The van der Waals surface area contributed by atoms with E-state index in [9.17, 15) is 0 Å². The lowest BCUT2D eigenvalue weighted by molar-refractivity contribution is 0.475. The minimum atomic E-state index is 0.209. The van der Waals surface area contributed by atoms with E-state index in [-0.39, 0.29) is 11.6 Å². The summed E-state index contributed by atoms with van der Waals surface area (Å²) in [6, 6.07) is 4.89. The van der Waals surface area contributed by atoms with Crippen molar-refractivity contribution in [3.05, 3.63) is 23.8 Å². The quantitative estimate of drug-likeness (QED) is 0.434. The van der Waals surface area contributed by atoms with E-state index in [2.05, 4.69) is 4.99 Å². The van der Waals surface area contributed by atoms with Crippen molar-refractivity contribution in [1.82, 2.24) is 0 Å². The Morgan fingerprint density at radius 1 is 1.62 bits per heavy atom. The number of phenols is 1. The summed E-state index contributed by atoms with van der Waals surface area (Å²) in [4.78, 5) is 4.07. The second-order valence-electron chi connectivity index (χ2n) is 2.71. The molecule has 0 saturated carbocycles. The second kappa shape index (κ2) is 4.14. The first kappa shape index (κ1) is 9.86. The molecule has 1 aromatic rings.